The van der Waals surface area contributed by atoms with E-state index in [0.717, 1.165) is 5.33 Å². The maximum absolute atomic E-state index is 3.69. The van der Waals surface area contributed by atoms with Gasteiger partial charge in [0.25, 0.3) is 0 Å². The van der Waals surface area contributed by atoms with Crippen molar-refractivity contribution in [1.29, 1.82) is 0 Å². The molecule has 0 fully saturated rings. The fraction of sp³-hybridized carbons (Fsp3) is 1.00. The van der Waals surface area contributed by atoms with E-state index in [9.17, 15) is 0 Å². The van der Waals surface area contributed by atoms with Crippen molar-refractivity contribution in [1.82, 2.24) is 0 Å². The molecule has 0 heterocycles. The first-order valence-corrected chi connectivity index (χ1v) is 12.7. The molecule has 0 aromatic heterocycles. The van der Waals surface area contributed by atoms with Crippen LogP contribution in [0.15, 0.2) is 0 Å². The van der Waals surface area contributed by atoms with Crippen molar-refractivity contribution in [2.75, 3.05) is 32.0 Å². The topological polar surface area (TPSA) is 0 Å². The maximum atomic E-state index is 3.69. The van der Waals surface area contributed by atoms with Crippen molar-refractivity contribution in [2.24, 2.45) is 0 Å². The van der Waals surface area contributed by atoms with Crippen LogP contribution in [0.2, 0.25) is 0 Å². The molecule has 0 aromatic rings. The lowest BCUT2D eigenvalue weighted by Crippen LogP contribution is -3.00. The largest absolute Gasteiger partial charge is 1.00 e. The molecule has 0 radical (unpaired) electrons. The molecule has 0 N–H and O–H groups in total. The van der Waals surface area contributed by atoms with Crippen LogP contribution in [0.25, 0.3) is 0 Å². The van der Waals surface area contributed by atoms with E-state index in [0.29, 0.717) is 0 Å². The number of alkyl halides is 1. The number of unbranched alkanes of at least 4 members (excludes halogenated alkanes) is 14. The molecular weight excluding hydrogens is 450 g/mol. The van der Waals surface area contributed by atoms with Crippen molar-refractivity contribution in [3.8, 4) is 0 Å². The number of rotatable bonds is 20. The van der Waals surface area contributed by atoms with E-state index in [1.807, 2.05) is 0 Å². The Kier molecular flexibility index (Phi) is 24.9. The predicted molar refractivity (Wildman–Crippen MR) is 120 cm³/mol. The third kappa shape index (κ3) is 19.7. The minimum atomic E-state index is 0. The molecule has 0 saturated carbocycles. The van der Waals surface area contributed by atoms with Crippen molar-refractivity contribution in [2.45, 2.75) is 117 Å². The second kappa shape index (κ2) is 22.2. The lowest BCUT2D eigenvalue weighted by molar-refractivity contribution is -0.907. The maximum Gasteiger partial charge on any atom is 0.0883 e. The zero-order chi connectivity index (χ0) is 18.6. The average Bonchev–Trinajstić information content (AvgIpc) is 2.60. The number of hydrogen-bond acceptors (Lipinski definition) is 0. The van der Waals surface area contributed by atoms with Crippen LogP contribution in [-0.4, -0.2) is 36.5 Å². The standard InChI is InChI=1S/C23H49BrN.BrH/c1-4-6-8-10-12-14-16-18-21-25(3,23-20-24)22-19-17-15-13-11-9-7-5-2;/h4-23H2,1-3H3;1H/q+1;/p-1. The molecule has 0 unspecified atom stereocenters. The summed E-state index contributed by atoms with van der Waals surface area (Å²) in [4.78, 5) is 0. The summed E-state index contributed by atoms with van der Waals surface area (Å²) in [6.07, 6.45) is 23.0. The highest BCUT2D eigenvalue weighted by atomic mass is 79.9. The smallest absolute Gasteiger partial charge is 0.0883 e. The molecule has 0 bridgehead atoms. The minimum Gasteiger partial charge on any atom is -1.00 e. The Bertz CT molecular complexity index is 239. The number of hydrogen-bond donors (Lipinski definition) is 0. The van der Waals surface area contributed by atoms with Crippen molar-refractivity contribution in [3.63, 3.8) is 0 Å². The van der Waals surface area contributed by atoms with E-state index >= 15 is 0 Å². The Balaban J connectivity index is 0. The van der Waals surface area contributed by atoms with Crippen molar-refractivity contribution in [3.05, 3.63) is 0 Å². The molecule has 1 nitrogen and oxygen atoms in total. The van der Waals surface area contributed by atoms with Crippen LogP contribution in [0.5, 0.6) is 0 Å². The first-order chi connectivity index (χ1) is 12.2. The van der Waals surface area contributed by atoms with E-state index in [-0.39, 0.29) is 17.0 Å². The van der Waals surface area contributed by atoms with Crippen LogP contribution in [-0.2, 0) is 0 Å². The van der Waals surface area contributed by atoms with Gasteiger partial charge in [0.2, 0.25) is 0 Å². The summed E-state index contributed by atoms with van der Waals surface area (Å²) in [6.45, 7) is 8.67. The molecule has 0 spiro atoms. The summed E-state index contributed by atoms with van der Waals surface area (Å²) >= 11 is 3.69. The van der Waals surface area contributed by atoms with Gasteiger partial charge in [-0.05, 0) is 25.7 Å². The molecule has 160 valence electrons. The monoisotopic (exact) mass is 497 g/mol. The zero-order valence-corrected chi connectivity index (χ0v) is 21.5. The molecule has 0 aromatic carbocycles. The highest BCUT2D eigenvalue weighted by Gasteiger charge is 2.19. The number of quaternary nitrogens is 1. The molecular formula is C23H49Br2N. The first kappa shape index (κ1) is 29.1. The van der Waals surface area contributed by atoms with E-state index in [2.05, 4.69) is 36.8 Å². The summed E-state index contributed by atoms with van der Waals surface area (Å²) < 4.78 is 1.29. The van der Waals surface area contributed by atoms with Crippen molar-refractivity contribution < 1.29 is 21.5 Å². The van der Waals surface area contributed by atoms with Gasteiger partial charge in [0.1, 0.15) is 0 Å². The lowest BCUT2D eigenvalue weighted by Gasteiger charge is -2.34. The fourth-order valence-electron chi connectivity index (χ4n) is 3.79. The Morgan fingerprint density at radius 3 is 1.12 bits per heavy atom. The molecule has 26 heavy (non-hydrogen) atoms. The Labute approximate surface area is 185 Å². The predicted octanol–water partition coefficient (Wildman–Crippen LogP) is 5.11. The molecule has 0 aliphatic heterocycles. The van der Waals surface area contributed by atoms with Gasteiger partial charge in [-0.3, -0.25) is 0 Å². The van der Waals surface area contributed by atoms with Gasteiger partial charge in [0, 0.05) is 0 Å². The second-order valence-corrected chi connectivity index (χ2v) is 9.22. The summed E-state index contributed by atoms with van der Waals surface area (Å²) in [5.74, 6) is 0. The first-order valence-electron chi connectivity index (χ1n) is 11.6. The summed E-state index contributed by atoms with van der Waals surface area (Å²) in [7, 11) is 2.49. The second-order valence-electron chi connectivity index (χ2n) is 8.43. The quantitative estimate of drug-likeness (QED) is 0.124. The summed E-state index contributed by atoms with van der Waals surface area (Å²) in [5.41, 5.74) is 0. The van der Waals surface area contributed by atoms with Crippen LogP contribution in [0.1, 0.15) is 117 Å². The van der Waals surface area contributed by atoms with E-state index in [1.54, 1.807) is 0 Å². The molecule has 0 rings (SSSR count). The molecule has 0 atom stereocenters. The summed E-state index contributed by atoms with van der Waals surface area (Å²) in [5, 5.41) is 1.15. The Morgan fingerprint density at radius 2 is 0.808 bits per heavy atom. The van der Waals surface area contributed by atoms with E-state index in [4.69, 9.17) is 0 Å². The number of halogens is 2. The van der Waals surface area contributed by atoms with Gasteiger partial charge in [0.15, 0.2) is 0 Å². The van der Waals surface area contributed by atoms with E-state index < -0.39 is 0 Å². The zero-order valence-electron chi connectivity index (χ0n) is 18.3. The molecule has 0 amide bonds. The molecule has 0 aliphatic carbocycles. The van der Waals surface area contributed by atoms with Crippen LogP contribution in [0, 0.1) is 0 Å². The average molecular weight is 499 g/mol. The fourth-order valence-corrected chi connectivity index (χ4v) is 4.65. The van der Waals surface area contributed by atoms with Gasteiger partial charge < -0.3 is 21.5 Å². The van der Waals surface area contributed by atoms with Gasteiger partial charge in [-0.2, -0.15) is 0 Å². The highest BCUT2D eigenvalue weighted by Crippen LogP contribution is 2.15. The lowest BCUT2D eigenvalue weighted by atomic mass is 10.1. The summed E-state index contributed by atoms with van der Waals surface area (Å²) in [6, 6.07) is 0. The molecule has 0 aliphatic rings. The minimum absolute atomic E-state index is 0. The third-order valence-electron chi connectivity index (χ3n) is 5.73. The molecule has 3 heteroatoms. The normalized spacial score (nSPS) is 11.5. The van der Waals surface area contributed by atoms with Crippen LogP contribution >= 0.6 is 15.9 Å². The SMILES string of the molecule is CCCCCCCCCC[N+](C)(CCBr)CCCCCCCCCC.[Br-]. The van der Waals surface area contributed by atoms with Crippen LogP contribution in [0.4, 0.5) is 0 Å². The number of nitrogens with zero attached hydrogens (tertiary/aromatic N) is 1. The van der Waals surface area contributed by atoms with E-state index in [1.165, 1.54) is 127 Å². The Morgan fingerprint density at radius 1 is 0.500 bits per heavy atom. The Hall–Kier alpha value is 0.920. The van der Waals surface area contributed by atoms with Gasteiger partial charge in [0.05, 0.1) is 32.0 Å². The molecule has 0 saturated heterocycles. The third-order valence-corrected chi connectivity index (χ3v) is 6.08. The highest BCUT2D eigenvalue weighted by molar-refractivity contribution is 9.09. The van der Waals surface area contributed by atoms with Gasteiger partial charge in [-0.25, -0.2) is 0 Å². The van der Waals surface area contributed by atoms with Gasteiger partial charge in [-0.1, -0.05) is 107 Å². The van der Waals surface area contributed by atoms with Crippen molar-refractivity contribution >= 4 is 15.9 Å². The van der Waals surface area contributed by atoms with Gasteiger partial charge in [-0.15, -0.1) is 0 Å². The van der Waals surface area contributed by atoms with Gasteiger partial charge >= 0.3 is 0 Å². The van der Waals surface area contributed by atoms with Crippen LogP contribution in [0.3, 0.4) is 0 Å². The van der Waals surface area contributed by atoms with Crippen LogP contribution < -0.4 is 17.0 Å².